The van der Waals surface area contributed by atoms with Crippen molar-refractivity contribution >= 4 is 39.2 Å². The van der Waals surface area contributed by atoms with E-state index in [9.17, 15) is 8.42 Å². The third-order valence-electron chi connectivity index (χ3n) is 2.45. The summed E-state index contributed by atoms with van der Waals surface area (Å²) in [6.07, 6.45) is 3.86. The number of nitrogens with one attached hydrogen (secondary N) is 2. The monoisotopic (exact) mass is 324 g/mol. The van der Waals surface area contributed by atoms with Gasteiger partial charge in [-0.05, 0) is 18.7 Å². The van der Waals surface area contributed by atoms with E-state index in [1.807, 2.05) is 13.2 Å². The minimum atomic E-state index is -3.62. The van der Waals surface area contributed by atoms with Gasteiger partial charge in [0.15, 0.2) is 5.82 Å². The zero-order valence-corrected chi connectivity index (χ0v) is 13.1. The number of hydrazine groups is 1. The zero-order valence-electron chi connectivity index (χ0n) is 10.7. The number of thioether (sulfide) groups is 1. The Morgan fingerprint density at radius 1 is 1.58 bits per heavy atom. The highest BCUT2D eigenvalue weighted by molar-refractivity contribution is 7.98. The number of nitrogens with zero attached hydrogens (tertiary/aromatic N) is 1. The first kappa shape index (κ1) is 16.5. The van der Waals surface area contributed by atoms with Crippen molar-refractivity contribution in [1.82, 2.24) is 9.71 Å². The fourth-order valence-corrected chi connectivity index (χ4v) is 3.80. The molecule has 108 valence electrons. The van der Waals surface area contributed by atoms with E-state index in [2.05, 4.69) is 15.1 Å². The Balaban J connectivity index is 2.96. The maximum atomic E-state index is 12.2. The fraction of sp³-hybridized carbons (Fsp3) is 0.500. The number of rotatable bonds is 7. The van der Waals surface area contributed by atoms with Gasteiger partial charge in [-0.25, -0.2) is 24.0 Å². The van der Waals surface area contributed by atoms with Gasteiger partial charge >= 0.3 is 0 Å². The number of aromatic nitrogens is 1. The molecule has 1 aromatic rings. The van der Waals surface area contributed by atoms with E-state index in [0.717, 1.165) is 0 Å². The van der Waals surface area contributed by atoms with Crippen LogP contribution in [0.4, 0.5) is 5.82 Å². The lowest BCUT2D eigenvalue weighted by molar-refractivity contribution is 0.558. The molecule has 0 spiro atoms. The first-order chi connectivity index (χ1) is 8.94. The van der Waals surface area contributed by atoms with Crippen LogP contribution >= 0.6 is 23.4 Å². The van der Waals surface area contributed by atoms with Gasteiger partial charge in [-0.2, -0.15) is 11.8 Å². The highest BCUT2D eigenvalue weighted by Gasteiger charge is 2.20. The number of sulfonamides is 1. The quantitative estimate of drug-likeness (QED) is 0.518. The molecule has 0 saturated carbocycles. The summed E-state index contributed by atoms with van der Waals surface area (Å²) in [5.74, 6) is 6.13. The van der Waals surface area contributed by atoms with Gasteiger partial charge in [0, 0.05) is 18.0 Å². The molecule has 1 atom stereocenters. The number of pyridine rings is 1. The van der Waals surface area contributed by atoms with Crippen LogP contribution < -0.4 is 16.0 Å². The summed E-state index contributed by atoms with van der Waals surface area (Å²) >= 11 is 7.45. The van der Waals surface area contributed by atoms with E-state index < -0.39 is 10.0 Å². The minimum Gasteiger partial charge on any atom is -0.307 e. The minimum absolute atomic E-state index is 0.0241. The summed E-state index contributed by atoms with van der Waals surface area (Å²) in [5.41, 5.74) is 2.28. The Morgan fingerprint density at radius 3 is 2.74 bits per heavy atom. The first-order valence-corrected chi connectivity index (χ1v) is 8.83. The average molecular weight is 325 g/mol. The Bertz CT molecular complexity index is 524. The lowest BCUT2D eigenvalue weighted by Crippen LogP contribution is -2.36. The zero-order chi connectivity index (χ0) is 14.5. The second kappa shape index (κ2) is 7.30. The number of anilines is 1. The van der Waals surface area contributed by atoms with Gasteiger partial charge in [0.1, 0.15) is 4.90 Å². The van der Waals surface area contributed by atoms with E-state index in [-0.39, 0.29) is 21.8 Å². The smallest absolute Gasteiger partial charge is 0.242 e. The van der Waals surface area contributed by atoms with Gasteiger partial charge in [-0.15, -0.1) is 0 Å². The number of halogens is 1. The Morgan fingerprint density at radius 2 is 2.26 bits per heavy atom. The summed E-state index contributed by atoms with van der Waals surface area (Å²) in [4.78, 5) is 3.87. The summed E-state index contributed by atoms with van der Waals surface area (Å²) in [6.45, 7) is 1.93. The predicted molar refractivity (Wildman–Crippen MR) is 79.8 cm³/mol. The summed E-state index contributed by atoms with van der Waals surface area (Å²) < 4.78 is 26.9. The van der Waals surface area contributed by atoms with Crippen molar-refractivity contribution in [2.45, 2.75) is 24.3 Å². The Labute approximate surface area is 122 Å². The van der Waals surface area contributed by atoms with E-state index in [1.165, 1.54) is 12.3 Å². The summed E-state index contributed by atoms with van der Waals surface area (Å²) in [6, 6.07) is 1.20. The standard InChI is InChI=1S/C10H17ClN4O2S2/c1-3-7(6-18-2)15-19(16,17)8-4-9(11)10(14-12)13-5-8/h4-5,7,15H,3,6,12H2,1-2H3,(H,13,14). The van der Waals surface area contributed by atoms with Crippen molar-refractivity contribution in [1.29, 1.82) is 0 Å². The van der Waals surface area contributed by atoms with E-state index in [1.54, 1.807) is 11.8 Å². The van der Waals surface area contributed by atoms with Crippen molar-refractivity contribution in [2.75, 3.05) is 17.4 Å². The van der Waals surface area contributed by atoms with Gasteiger partial charge in [0.05, 0.1) is 5.02 Å². The SMILES string of the molecule is CCC(CSC)NS(=O)(=O)c1cnc(NN)c(Cl)c1. The largest absolute Gasteiger partial charge is 0.307 e. The molecule has 0 amide bonds. The number of hydrogen-bond donors (Lipinski definition) is 3. The molecule has 1 aromatic heterocycles. The van der Waals surface area contributed by atoms with Crippen LogP contribution in [0.25, 0.3) is 0 Å². The van der Waals surface area contributed by atoms with Crippen LogP contribution in [0.5, 0.6) is 0 Å². The van der Waals surface area contributed by atoms with Gasteiger partial charge in [0.25, 0.3) is 0 Å². The molecule has 0 aromatic carbocycles. The second-order valence-electron chi connectivity index (χ2n) is 3.83. The molecule has 19 heavy (non-hydrogen) atoms. The van der Waals surface area contributed by atoms with Gasteiger partial charge < -0.3 is 5.43 Å². The average Bonchev–Trinajstić information content (AvgIpc) is 2.37. The molecule has 0 radical (unpaired) electrons. The molecule has 0 aliphatic rings. The van der Waals surface area contributed by atoms with E-state index >= 15 is 0 Å². The molecule has 0 fully saturated rings. The van der Waals surface area contributed by atoms with E-state index in [4.69, 9.17) is 17.4 Å². The maximum absolute atomic E-state index is 12.2. The lowest BCUT2D eigenvalue weighted by Gasteiger charge is -2.16. The summed E-state index contributed by atoms with van der Waals surface area (Å²) in [7, 11) is -3.62. The second-order valence-corrected chi connectivity index (χ2v) is 6.86. The Hall–Kier alpha value is -0.540. The van der Waals surface area contributed by atoms with Crippen LogP contribution in [0.3, 0.4) is 0 Å². The molecule has 1 heterocycles. The first-order valence-electron chi connectivity index (χ1n) is 5.58. The van der Waals surface area contributed by atoms with Gasteiger partial charge in [-0.1, -0.05) is 18.5 Å². The van der Waals surface area contributed by atoms with Crippen molar-refractivity contribution < 1.29 is 8.42 Å². The molecule has 1 unspecified atom stereocenters. The summed E-state index contributed by atoms with van der Waals surface area (Å²) in [5, 5.41) is 0.156. The molecule has 0 aliphatic heterocycles. The predicted octanol–water partition coefficient (Wildman–Crippen LogP) is 1.44. The molecule has 4 N–H and O–H groups in total. The highest BCUT2D eigenvalue weighted by atomic mass is 35.5. The highest BCUT2D eigenvalue weighted by Crippen LogP contribution is 2.21. The van der Waals surface area contributed by atoms with Crippen LogP contribution in [-0.4, -0.2) is 31.5 Å². The lowest BCUT2D eigenvalue weighted by atomic mass is 10.3. The van der Waals surface area contributed by atoms with Crippen LogP contribution in [-0.2, 0) is 10.0 Å². The third kappa shape index (κ3) is 4.50. The van der Waals surface area contributed by atoms with Crippen LogP contribution in [0.2, 0.25) is 5.02 Å². The Kier molecular flexibility index (Phi) is 6.34. The normalized spacial score (nSPS) is 13.3. The van der Waals surface area contributed by atoms with Crippen molar-refractivity contribution in [3.05, 3.63) is 17.3 Å². The molecule has 9 heteroatoms. The van der Waals surface area contributed by atoms with Crippen LogP contribution in [0.1, 0.15) is 13.3 Å². The van der Waals surface area contributed by atoms with Crippen molar-refractivity contribution in [2.24, 2.45) is 5.84 Å². The molecule has 6 nitrogen and oxygen atoms in total. The maximum Gasteiger partial charge on any atom is 0.242 e. The molecule has 0 saturated heterocycles. The van der Waals surface area contributed by atoms with E-state index in [0.29, 0.717) is 12.2 Å². The van der Waals surface area contributed by atoms with Gasteiger partial charge in [0.2, 0.25) is 10.0 Å². The number of nitrogen functional groups attached to an aromatic ring is 1. The molecular weight excluding hydrogens is 308 g/mol. The molecule has 1 rings (SSSR count). The fourth-order valence-electron chi connectivity index (χ4n) is 1.40. The van der Waals surface area contributed by atoms with Gasteiger partial charge in [-0.3, -0.25) is 0 Å². The molecule has 0 aliphatic carbocycles. The van der Waals surface area contributed by atoms with Crippen molar-refractivity contribution in [3.63, 3.8) is 0 Å². The molecular formula is C10H17ClN4O2S2. The van der Waals surface area contributed by atoms with Crippen molar-refractivity contribution in [3.8, 4) is 0 Å². The number of hydrogen-bond acceptors (Lipinski definition) is 6. The van der Waals surface area contributed by atoms with Crippen LogP contribution in [0, 0.1) is 0 Å². The topological polar surface area (TPSA) is 97.1 Å². The number of nitrogens with two attached hydrogens (primary N) is 1. The molecule has 0 bridgehead atoms. The van der Waals surface area contributed by atoms with Crippen LogP contribution in [0.15, 0.2) is 17.2 Å². The third-order valence-corrected chi connectivity index (χ3v) is 4.96.